The van der Waals surface area contributed by atoms with Crippen molar-refractivity contribution in [2.45, 2.75) is 20.0 Å². The number of hydrogen-bond donors (Lipinski definition) is 1. The second kappa shape index (κ2) is 9.22. The molecular formula is C28H27N7O2. The summed E-state index contributed by atoms with van der Waals surface area (Å²) < 4.78 is 4.58. The Morgan fingerprint density at radius 3 is 2.38 bits per heavy atom. The van der Waals surface area contributed by atoms with E-state index in [4.69, 9.17) is 9.97 Å². The van der Waals surface area contributed by atoms with Crippen LogP contribution in [0.3, 0.4) is 0 Å². The highest BCUT2D eigenvalue weighted by molar-refractivity contribution is 6.06. The summed E-state index contributed by atoms with van der Waals surface area (Å²) in [5.41, 5.74) is 1.44. The maximum atomic E-state index is 14.0. The van der Waals surface area contributed by atoms with E-state index in [1.54, 1.807) is 14.0 Å². The van der Waals surface area contributed by atoms with Gasteiger partial charge in [0.05, 0.1) is 24.3 Å². The monoisotopic (exact) mass is 493 g/mol. The van der Waals surface area contributed by atoms with Crippen molar-refractivity contribution in [1.82, 2.24) is 29.0 Å². The molecule has 6 rings (SSSR count). The molecule has 0 atom stereocenters. The van der Waals surface area contributed by atoms with Crippen molar-refractivity contribution in [3.63, 3.8) is 0 Å². The molecule has 9 nitrogen and oxygen atoms in total. The normalized spacial score (nSPS) is 13.8. The van der Waals surface area contributed by atoms with Crippen molar-refractivity contribution in [3.05, 3.63) is 75.1 Å². The zero-order valence-corrected chi connectivity index (χ0v) is 20.9. The molecule has 1 N–H and O–H groups in total. The lowest BCUT2D eigenvalue weighted by Crippen LogP contribution is -2.44. The predicted octanol–water partition coefficient (Wildman–Crippen LogP) is 2.08. The van der Waals surface area contributed by atoms with Crippen LogP contribution >= 0.6 is 0 Å². The summed E-state index contributed by atoms with van der Waals surface area (Å²) in [6, 6.07) is 15.9. The van der Waals surface area contributed by atoms with Crippen molar-refractivity contribution < 1.29 is 0 Å². The number of nitrogens with one attached hydrogen (secondary N) is 1. The molecule has 1 aliphatic rings. The van der Waals surface area contributed by atoms with Crippen molar-refractivity contribution in [2.75, 3.05) is 31.1 Å². The van der Waals surface area contributed by atoms with E-state index in [9.17, 15) is 9.59 Å². The third-order valence-electron chi connectivity index (χ3n) is 7.02. The van der Waals surface area contributed by atoms with E-state index in [2.05, 4.69) is 22.1 Å². The first-order chi connectivity index (χ1) is 18.1. The lowest BCUT2D eigenvalue weighted by atomic mass is 10.0. The second-order valence-electron chi connectivity index (χ2n) is 9.19. The zero-order chi connectivity index (χ0) is 25.5. The van der Waals surface area contributed by atoms with Crippen LogP contribution in [0.2, 0.25) is 0 Å². The molecule has 0 unspecified atom stereocenters. The van der Waals surface area contributed by atoms with Crippen LogP contribution in [0.15, 0.2) is 58.1 Å². The number of para-hydroxylation sites is 1. The van der Waals surface area contributed by atoms with Crippen molar-refractivity contribution in [1.29, 1.82) is 0 Å². The van der Waals surface area contributed by atoms with Crippen LogP contribution < -0.4 is 21.5 Å². The highest BCUT2D eigenvalue weighted by Crippen LogP contribution is 2.27. The fourth-order valence-corrected chi connectivity index (χ4v) is 5.16. The van der Waals surface area contributed by atoms with Gasteiger partial charge in [-0.2, -0.15) is 4.98 Å². The number of hydrogen-bond acceptors (Lipinski definition) is 6. The Balaban J connectivity index is 1.58. The van der Waals surface area contributed by atoms with E-state index >= 15 is 0 Å². The largest absolute Gasteiger partial charge is 0.340 e. The molecule has 186 valence electrons. The average molecular weight is 494 g/mol. The number of aromatic nitrogens is 5. The minimum atomic E-state index is -0.422. The molecule has 5 aromatic rings. The van der Waals surface area contributed by atoms with Crippen LogP contribution in [0.4, 0.5) is 5.95 Å². The first kappa shape index (κ1) is 23.0. The summed E-state index contributed by atoms with van der Waals surface area (Å²) in [7, 11) is 1.66. The van der Waals surface area contributed by atoms with Gasteiger partial charge >= 0.3 is 5.69 Å². The lowest BCUT2D eigenvalue weighted by Gasteiger charge is -2.28. The van der Waals surface area contributed by atoms with Gasteiger partial charge in [-0.05, 0) is 18.4 Å². The number of nitrogens with zero attached hydrogens (tertiary/aromatic N) is 6. The minimum absolute atomic E-state index is 0.0560. The van der Waals surface area contributed by atoms with Gasteiger partial charge in [-0.3, -0.25) is 23.5 Å². The summed E-state index contributed by atoms with van der Waals surface area (Å²) in [6.07, 6.45) is 0. The predicted molar refractivity (Wildman–Crippen MR) is 146 cm³/mol. The van der Waals surface area contributed by atoms with Crippen molar-refractivity contribution >= 4 is 38.8 Å². The van der Waals surface area contributed by atoms with Crippen molar-refractivity contribution in [2.24, 2.45) is 7.05 Å². The average Bonchev–Trinajstić information content (AvgIpc) is 3.33. The van der Waals surface area contributed by atoms with Crippen LogP contribution in [0, 0.1) is 11.8 Å². The Kier molecular flexibility index (Phi) is 5.74. The quantitative estimate of drug-likeness (QED) is 0.305. The second-order valence-corrected chi connectivity index (χ2v) is 9.19. The fourth-order valence-electron chi connectivity index (χ4n) is 5.16. The fraction of sp³-hybridized carbons (Fsp3) is 0.286. The zero-order valence-electron chi connectivity index (χ0n) is 20.9. The maximum Gasteiger partial charge on any atom is 0.332 e. The van der Waals surface area contributed by atoms with Gasteiger partial charge in [0.1, 0.15) is 0 Å². The Bertz CT molecular complexity index is 1850. The molecule has 1 fully saturated rings. The maximum absolute atomic E-state index is 14.0. The molecular weight excluding hydrogens is 466 g/mol. The Labute approximate surface area is 213 Å². The molecule has 4 heterocycles. The number of rotatable bonds is 4. The van der Waals surface area contributed by atoms with E-state index in [0.29, 0.717) is 29.4 Å². The Morgan fingerprint density at radius 1 is 0.919 bits per heavy atom. The van der Waals surface area contributed by atoms with E-state index in [-0.39, 0.29) is 12.1 Å². The molecule has 0 amide bonds. The van der Waals surface area contributed by atoms with Gasteiger partial charge in [-0.25, -0.2) is 4.79 Å². The molecule has 0 radical (unpaired) electrons. The van der Waals surface area contributed by atoms with Crippen LogP contribution in [0.5, 0.6) is 0 Å². The Morgan fingerprint density at radius 2 is 1.62 bits per heavy atom. The molecule has 1 aliphatic heterocycles. The van der Waals surface area contributed by atoms with Gasteiger partial charge in [-0.15, -0.1) is 5.92 Å². The summed E-state index contributed by atoms with van der Waals surface area (Å²) >= 11 is 0. The highest BCUT2D eigenvalue weighted by atomic mass is 16.2. The van der Waals surface area contributed by atoms with Gasteiger partial charge < -0.3 is 10.2 Å². The van der Waals surface area contributed by atoms with E-state index in [1.165, 1.54) is 9.13 Å². The first-order valence-corrected chi connectivity index (χ1v) is 12.4. The standard InChI is InChI=1S/C28H27N7O2/c1-3-4-15-34-24-25(31-27(34)33-16-13-29-14-17-33)32(2)28(37)35(26(24)36)18-23-21-11-6-5-9-19(21)20-10-7-8-12-22(20)30-23/h5-12,29H,13-18H2,1-2H3. The van der Waals surface area contributed by atoms with Crippen LogP contribution in [-0.4, -0.2) is 49.8 Å². The summed E-state index contributed by atoms with van der Waals surface area (Å²) in [4.78, 5) is 39.3. The molecule has 0 aliphatic carbocycles. The van der Waals surface area contributed by atoms with Crippen molar-refractivity contribution in [3.8, 4) is 11.8 Å². The smallest absolute Gasteiger partial charge is 0.332 e. The molecule has 0 bridgehead atoms. The molecule has 9 heteroatoms. The van der Waals surface area contributed by atoms with Gasteiger partial charge in [-0.1, -0.05) is 48.4 Å². The van der Waals surface area contributed by atoms with Crippen LogP contribution in [0.1, 0.15) is 12.6 Å². The number of pyridine rings is 1. The van der Waals surface area contributed by atoms with E-state index in [1.807, 2.05) is 53.1 Å². The number of benzene rings is 2. The van der Waals surface area contributed by atoms with Gasteiger partial charge in [0, 0.05) is 44.0 Å². The number of aryl methyl sites for hydroxylation is 1. The number of fused-ring (bicyclic) bond motifs is 4. The summed E-state index contributed by atoms with van der Waals surface area (Å²) in [5.74, 6) is 6.67. The number of piperazine rings is 1. The van der Waals surface area contributed by atoms with E-state index < -0.39 is 5.69 Å². The highest BCUT2D eigenvalue weighted by Gasteiger charge is 2.24. The van der Waals surface area contributed by atoms with Gasteiger partial charge in [0.2, 0.25) is 5.95 Å². The topological polar surface area (TPSA) is 90.0 Å². The van der Waals surface area contributed by atoms with Crippen LogP contribution in [-0.2, 0) is 20.1 Å². The number of anilines is 1. The molecule has 37 heavy (non-hydrogen) atoms. The van der Waals surface area contributed by atoms with E-state index in [0.717, 1.165) is 47.9 Å². The van der Waals surface area contributed by atoms with Gasteiger partial charge in [0.25, 0.3) is 5.56 Å². The Hall–Kier alpha value is -4.42. The SMILES string of the molecule is CC#CCn1c(N2CCNCC2)nc2c1c(=O)n(Cc1nc3ccccc3c3ccccc13)c(=O)n2C. The summed E-state index contributed by atoms with van der Waals surface area (Å²) in [5, 5.41) is 6.34. The number of imidazole rings is 1. The molecule has 2 aromatic carbocycles. The summed E-state index contributed by atoms with van der Waals surface area (Å²) in [6.45, 7) is 5.32. The van der Waals surface area contributed by atoms with Gasteiger partial charge in [0.15, 0.2) is 11.2 Å². The van der Waals surface area contributed by atoms with Crippen LogP contribution in [0.25, 0.3) is 32.8 Å². The molecule has 0 spiro atoms. The third-order valence-corrected chi connectivity index (χ3v) is 7.02. The minimum Gasteiger partial charge on any atom is -0.340 e. The third kappa shape index (κ3) is 3.77. The lowest BCUT2D eigenvalue weighted by molar-refractivity contribution is 0.572. The first-order valence-electron chi connectivity index (χ1n) is 12.4. The molecule has 3 aromatic heterocycles. The molecule has 1 saturated heterocycles. The molecule has 0 saturated carbocycles.